The fourth-order valence-electron chi connectivity index (χ4n) is 3.12. The Morgan fingerprint density at radius 2 is 1.91 bits per heavy atom. The molecule has 0 amide bonds. The van der Waals surface area contributed by atoms with Gasteiger partial charge in [0, 0.05) is 0 Å². The number of carbonyl (C=O) groups is 1. The zero-order valence-corrected chi connectivity index (χ0v) is 15.4. The van der Waals surface area contributed by atoms with Gasteiger partial charge in [-0.2, -0.15) is 0 Å². The molecule has 1 aromatic carbocycles. The zero-order valence-electron chi connectivity index (χ0n) is 15.4. The standard InChI is InChI=1S/C20H32O3/c1-6-8-11-17(19(21)23-7-2)15-20(3,4)14-16-12-9-10-13-18(16)22-5/h9-10,12-13,17H,6-8,11,14-15H2,1-5H3. The van der Waals surface area contributed by atoms with Gasteiger partial charge >= 0.3 is 5.97 Å². The summed E-state index contributed by atoms with van der Waals surface area (Å²) in [5.41, 5.74) is 1.21. The summed E-state index contributed by atoms with van der Waals surface area (Å²) in [6.07, 6.45) is 4.80. The van der Waals surface area contributed by atoms with Crippen molar-refractivity contribution in [3.63, 3.8) is 0 Å². The fourth-order valence-corrected chi connectivity index (χ4v) is 3.12. The summed E-state index contributed by atoms with van der Waals surface area (Å²) in [4.78, 5) is 12.3. The number of ether oxygens (including phenoxy) is 2. The van der Waals surface area contributed by atoms with E-state index in [1.54, 1.807) is 7.11 Å². The van der Waals surface area contributed by atoms with E-state index in [0.717, 1.165) is 37.9 Å². The normalized spacial score (nSPS) is 12.7. The molecule has 130 valence electrons. The number of hydrogen-bond acceptors (Lipinski definition) is 3. The predicted octanol–water partition coefficient (Wildman–Crippen LogP) is 5.02. The lowest BCUT2D eigenvalue weighted by Gasteiger charge is -2.29. The molecule has 0 aromatic heterocycles. The highest BCUT2D eigenvalue weighted by atomic mass is 16.5. The molecular weight excluding hydrogens is 288 g/mol. The van der Waals surface area contributed by atoms with Gasteiger partial charge in [-0.05, 0) is 43.2 Å². The Bertz CT molecular complexity index is 480. The summed E-state index contributed by atoms with van der Waals surface area (Å²) in [5.74, 6) is 0.857. The minimum absolute atomic E-state index is 0.0137. The molecule has 0 N–H and O–H groups in total. The van der Waals surface area contributed by atoms with E-state index in [2.05, 4.69) is 26.8 Å². The number of methoxy groups -OCH3 is 1. The van der Waals surface area contributed by atoms with Crippen molar-refractivity contribution >= 4 is 5.97 Å². The molecule has 0 aliphatic rings. The molecule has 1 aromatic rings. The number of hydrogen-bond donors (Lipinski definition) is 0. The number of benzene rings is 1. The Kier molecular flexibility index (Phi) is 8.15. The topological polar surface area (TPSA) is 35.5 Å². The van der Waals surface area contributed by atoms with E-state index in [9.17, 15) is 4.79 Å². The second-order valence-corrected chi connectivity index (χ2v) is 6.95. The van der Waals surface area contributed by atoms with Crippen molar-refractivity contribution < 1.29 is 14.3 Å². The summed E-state index contributed by atoms with van der Waals surface area (Å²) >= 11 is 0. The van der Waals surface area contributed by atoms with Crippen LogP contribution in [0.15, 0.2) is 24.3 Å². The summed E-state index contributed by atoms with van der Waals surface area (Å²) in [7, 11) is 1.70. The lowest BCUT2D eigenvalue weighted by Crippen LogP contribution is -2.26. The molecule has 0 heterocycles. The number of carbonyl (C=O) groups excluding carboxylic acids is 1. The molecule has 0 aliphatic carbocycles. The van der Waals surface area contributed by atoms with Crippen molar-refractivity contribution in [1.82, 2.24) is 0 Å². The van der Waals surface area contributed by atoms with Crippen LogP contribution in [0.2, 0.25) is 0 Å². The van der Waals surface area contributed by atoms with E-state index in [1.165, 1.54) is 5.56 Å². The van der Waals surface area contributed by atoms with E-state index in [4.69, 9.17) is 9.47 Å². The Balaban J connectivity index is 2.80. The molecule has 1 unspecified atom stereocenters. The van der Waals surface area contributed by atoms with Gasteiger partial charge in [-0.25, -0.2) is 0 Å². The number of rotatable bonds is 10. The molecule has 0 spiro atoms. The highest BCUT2D eigenvalue weighted by Crippen LogP contribution is 2.35. The van der Waals surface area contributed by atoms with Gasteiger partial charge < -0.3 is 9.47 Å². The van der Waals surface area contributed by atoms with Gasteiger partial charge in [0.2, 0.25) is 0 Å². The van der Waals surface area contributed by atoms with Crippen molar-refractivity contribution in [2.24, 2.45) is 11.3 Å². The maximum atomic E-state index is 12.3. The summed E-state index contributed by atoms with van der Waals surface area (Å²) < 4.78 is 10.7. The van der Waals surface area contributed by atoms with Crippen molar-refractivity contribution in [2.45, 2.75) is 59.8 Å². The molecule has 0 saturated heterocycles. The van der Waals surface area contributed by atoms with Crippen LogP contribution in [0.5, 0.6) is 5.75 Å². The average Bonchev–Trinajstić information content (AvgIpc) is 2.51. The highest BCUT2D eigenvalue weighted by molar-refractivity contribution is 5.72. The molecule has 0 saturated carbocycles. The third-order valence-corrected chi connectivity index (χ3v) is 4.19. The Labute approximate surface area is 141 Å². The first-order chi connectivity index (χ1) is 10.9. The van der Waals surface area contributed by atoms with Gasteiger partial charge in [0.15, 0.2) is 0 Å². The van der Waals surface area contributed by atoms with Gasteiger partial charge in [0.05, 0.1) is 19.6 Å². The first-order valence-electron chi connectivity index (χ1n) is 8.72. The summed E-state index contributed by atoms with van der Waals surface area (Å²) in [6, 6.07) is 8.11. The number of unbranched alkanes of at least 4 members (excludes halogenated alkanes) is 1. The second-order valence-electron chi connectivity index (χ2n) is 6.95. The lowest BCUT2D eigenvalue weighted by molar-refractivity contribution is -0.149. The first kappa shape index (κ1) is 19.5. The minimum Gasteiger partial charge on any atom is -0.496 e. The fraction of sp³-hybridized carbons (Fsp3) is 0.650. The van der Waals surface area contributed by atoms with Crippen LogP contribution in [0, 0.1) is 11.3 Å². The Morgan fingerprint density at radius 3 is 2.52 bits per heavy atom. The highest BCUT2D eigenvalue weighted by Gasteiger charge is 2.29. The van der Waals surface area contributed by atoms with E-state index < -0.39 is 0 Å². The number of esters is 1. The predicted molar refractivity (Wildman–Crippen MR) is 94.7 cm³/mol. The molecule has 1 rings (SSSR count). The van der Waals surface area contributed by atoms with Crippen LogP contribution in [-0.4, -0.2) is 19.7 Å². The molecule has 3 nitrogen and oxygen atoms in total. The maximum absolute atomic E-state index is 12.3. The van der Waals surface area contributed by atoms with Crippen LogP contribution in [0.1, 0.15) is 58.9 Å². The molecule has 0 radical (unpaired) electrons. The van der Waals surface area contributed by atoms with Crippen LogP contribution < -0.4 is 4.74 Å². The van der Waals surface area contributed by atoms with Crippen molar-refractivity contribution in [2.75, 3.05) is 13.7 Å². The average molecular weight is 320 g/mol. The summed E-state index contributed by atoms with van der Waals surface area (Å²) in [6.45, 7) is 8.92. The van der Waals surface area contributed by atoms with Gasteiger partial charge in [-0.1, -0.05) is 51.8 Å². The van der Waals surface area contributed by atoms with E-state index in [-0.39, 0.29) is 17.3 Å². The van der Waals surface area contributed by atoms with Crippen LogP contribution in [0.25, 0.3) is 0 Å². The quantitative estimate of drug-likeness (QED) is 0.568. The van der Waals surface area contributed by atoms with Gasteiger partial charge in [-0.15, -0.1) is 0 Å². The van der Waals surface area contributed by atoms with E-state index >= 15 is 0 Å². The van der Waals surface area contributed by atoms with Gasteiger partial charge in [-0.3, -0.25) is 4.79 Å². The smallest absolute Gasteiger partial charge is 0.308 e. The lowest BCUT2D eigenvalue weighted by atomic mass is 9.76. The minimum atomic E-state index is -0.0472. The molecule has 1 atom stereocenters. The SMILES string of the molecule is CCCCC(CC(C)(C)Cc1ccccc1OC)C(=O)OCC. The van der Waals surface area contributed by atoms with Crippen molar-refractivity contribution in [3.8, 4) is 5.75 Å². The third kappa shape index (κ3) is 6.64. The summed E-state index contributed by atoms with van der Waals surface area (Å²) in [5, 5.41) is 0. The van der Waals surface area contributed by atoms with Crippen LogP contribution in [0.4, 0.5) is 0 Å². The van der Waals surface area contributed by atoms with Crippen molar-refractivity contribution in [1.29, 1.82) is 0 Å². The van der Waals surface area contributed by atoms with E-state index in [0.29, 0.717) is 6.61 Å². The van der Waals surface area contributed by atoms with Crippen molar-refractivity contribution in [3.05, 3.63) is 29.8 Å². The Morgan fingerprint density at radius 1 is 1.22 bits per heavy atom. The molecule has 0 bridgehead atoms. The van der Waals surface area contributed by atoms with Crippen LogP contribution in [-0.2, 0) is 16.0 Å². The molecule has 0 aliphatic heterocycles. The molecule has 0 fully saturated rings. The third-order valence-electron chi connectivity index (χ3n) is 4.19. The van der Waals surface area contributed by atoms with Gasteiger partial charge in [0.25, 0.3) is 0 Å². The number of para-hydroxylation sites is 1. The molecule has 3 heteroatoms. The zero-order chi connectivity index (χ0) is 17.3. The maximum Gasteiger partial charge on any atom is 0.308 e. The molecular formula is C20H32O3. The monoisotopic (exact) mass is 320 g/mol. The first-order valence-corrected chi connectivity index (χ1v) is 8.72. The largest absolute Gasteiger partial charge is 0.496 e. The van der Waals surface area contributed by atoms with Crippen LogP contribution in [0.3, 0.4) is 0 Å². The Hall–Kier alpha value is -1.51. The van der Waals surface area contributed by atoms with Crippen LogP contribution >= 0.6 is 0 Å². The molecule has 23 heavy (non-hydrogen) atoms. The van der Waals surface area contributed by atoms with Gasteiger partial charge in [0.1, 0.15) is 5.75 Å². The second kappa shape index (κ2) is 9.59. The van der Waals surface area contributed by atoms with E-state index in [1.807, 2.05) is 25.1 Å².